The van der Waals surface area contributed by atoms with E-state index >= 15 is 0 Å². The Labute approximate surface area is 92.3 Å². The van der Waals surface area contributed by atoms with Gasteiger partial charge in [0.25, 0.3) is 0 Å². The molecule has 1 saturated carbocycles. The summed E-state index contributed by atoms with van der Waals surface area (Å²) in [4.78, 5) is 2.12. The minimum Gasteiger partial charge on any atom is -0.378 e. The first-order valence-electron chi connectivity index (χ1n) is 5.60. The van der Waals surface area contributed by atoms with Gasteiger partial charge in [-0.1, -0.05) is 12.1 Å². The second-order valence-corrected chi connectivity index (χ2v) is 4.98. The molecule has 1 aromatic rings. The smallest absolute Gasteiger partial charge is 0.0361 e. The van der Waals surface area contributed by atoms with E-state index in [0.29, 0.717) is 5.54 Å². The fraction of sp³-hybridized carbons (Fsp3) is 0.538. The molecule has 0 amide bonds. The molecule has 0 heterocycles. The van der Waals surface area contributed by atoms with E-state index < -0.39 is 0 Å². The summed E-state index contributed by atoms with van der Waals surface area (Å²) in [6.07, 6.45) is 2.64. The lowest BCUT2D eigenvalue weighted by molar-refractivity contribution is 0.538. The SMILES string of the molecule is CN(C)c1ccc(CNC2(C)CC2)cc1. The van der Waals surface area contributed by atoms with Crippen LogP contribution in [0.4, 0.5) is 5.69 Å². The normalized spacial score (nSPS) is 17.5. The average Bonchev–Trinajstić information content (AvgIpc) is 2.95. The number of nitrogens with one attached hydrogen (secondary N) is 1. The third-order valence-corrected chi connectivity index (χ3v) is 3.17. The Kier molecular flexibility index (Phi) is 2.70. The van der Waals surface area contributed by atoms with Crippen molar-refractivity contribution in [3.05, 3.63) is 29.8 Å². The number of rotatable bonds is 4. The van der Waals surface area contributed by atoms with Crippen LogP contribution in [0.15, 0.2) is 24.3 Å². The highest BCUT2D eigenvalue weighted by Crippen LogP contribution is 2.34. The highest BCUT2D eigenvalue weighted by molar-refractivity contribution is 5.45. The van der Waals surface area contributed by atoms with Gasteiger partial charge in [0.05, 0.1) is 0 Å². The first kappa shape index (κ1) is 10.5. The number of benzene rings is 1. The van der Waals surface area contributed by atoms with Crippen molar-refractivity contribution in [3.63, 3.8) is 0 Å². The van der Waals surface area contributed by atoms with E-state index in [1.54, 1.807) is 0 Å². The fourth-order valence-corrected chi connectivity index (χ4v) is 1.59. The molecule has 82 valence electrons. The van der Waals surface area contributed by atoms with Crippen LogP contribution in [0.25, 0.3) is 0 Å². The van der Waals surface area contributed by atoms with Gasteiger partial charge in [-0.3, -0.25) is 0 Å². The van der Waals surface area contributed by atoms with Gasteiger partial charge >= 0.3 is 0 Å². The summed E-state index contributed by atoms with van der Waals surface area (Å²) in [6.45, 7) is 3.28. The van der Waals surface area contributed by atoms with Crippen molar-refractivity contribution < 1.29 is 0 Å². The van der Waals surface area contributed by atoms with Gasteiger partial charge in [-0.2, -0.15) is 0 Å². The second kappa shape index (κ2) is 3.86. The molecule has 0 aromatic heterocycles. The molecule has 0 bridgehead atoms. The second-order valence-electron chi connectivity index (χ2n) is 4.98. The van der Waals surface area contributed by atoms with Gasteiger partial charge in [0.2, 0.25) is 0 Å². The fourth-order valence-electron chi connectivity index (χ4n) is 1.59. The van der Waals surface area contributed by atoms with Gasteiger partial charge in [0, 0.05) is 31.9 Å². The maximum Gasteiger partial charge on any atom is 0.0361 e. The first-order valence-corrected chi connectivity index (χ1v) is 5.60. The summed E-state index contributed by atoms with van der Waals surface area (Å²) < 4.78 is 0. The van der Waals surface area contributed by atoms with Crippen molar-refractivity contribution in [2.45, 2.75) is 31.8 Å². The maximum atomic E-state index is 3.58. The minimum atomic E-state index is 0.431. The highest BCUT2D eigenvalue weighted by atomic mass is 15.1. The molecule has 0 radical (unpaired) electrons. The Bertz CT molecular complexity index is 323. The topological polar surface area (TPSA) is 15.3 Å². The average molecular weight is 204 g/mol. The van der Waals surface area contributed by atoms with Crippen LogP contribution in [0.3, 0.4) is 0 Å². The van der Waals surface area contributed by atoms with Gasteiger partial charge in [0.1, 0.15) is 0 Å². The standard InChI is InChI=1S/C13H20N2/c1-13(8-9-13)14-10-11-4-6-12(7-5-11)15(2)3/h4-7,14H,8-10H2,1-3H3. The Morgan fingerprint density at radius 3 is 2.27 bits per heavy atom. The van der Waals surface area contributed by atoms with Crippen LogP contribution < -0.4 is 10.2 Å². The van der Waals surface area contributed by atoms with E-state index in [0.717, 1.165) is 6.54 Å². The Morgan fingerprint density at radius 2 is 1.80 bits per heavy atom. The van der Waals surface area contributed by atoms with Crippen molar-refractivity contribution in [2.24, 2.45) is 0 Å². The molecule has 2 nitrogen and oxygen atoms in total. The highest BCUT2D eigenvalue weighted by Gasteiger charge is 2.36. The van der Waals surface area contributed by atoms with Crippen LogP contribution in [-0.4, -0.2) is 19.6 Å². The van der Waals surface area contributed by atoms with Crippen molar-refractivity contribution in [1.29, 1.82) is 0 Å². The molecule has 1 fully saturated rings. The molecular weight excluding hydrogens is 184 g/mol. The van der Waals surface area contributed by atoms with Crippen LogP contribution in [0.2, 0.25) is 0 Å². The lowest BCUT2D eigenvalue weighted by Gasteiger charge is -2.14. The predicted octanol–water partition coefficient (Wildman–Crippen LogP) is 2.39. The van der Waals surface area contributed by atoms with Crippen molar-refractivity contribution in [3.8, 4) is 0 Å². The Morgan fingerprint density at radius 1 is 1.20 bits per heavy atom. The van der Waals surface area contributed by atoms with E-state index in [-0.39, 0.29) is 0 Å². The molecular formula is C13H20N2. The zero-order valence-corrected chi connectivity index (χ0v) is 9.88. The lowest BCUT2D eigenvalue weighted by atomic mass is 10.2. The molecule has 0 atom stereocenters. The largest absolute Gasteiger partial charge is 0.378 e. The number of hydrogen-bond donors (Lipinski definition) is 1. The third-order valence-electron chi connectivity index (χ3n) is 3.17. The van der Waals surface area contributed by atoms with Crippen molar-refractivity contribution in [2.75, 3.05) is 19.0 Å². The molecule has 0 spiro atoms. The van der Waals surface area contributed by atoms with Gasteiger partial charge in [-0.15, -0.1) is 0 Å². The van der Waals surface area contributed by atoms with Gasteiger partial charge in [0.15, 0.2) is 0 Å². The molecule has 1 aliphatic rings. The van der Waals surface area contributed by atoms with E-state index in [4.69, 9.17) is 0 Å². The van der Waals surface area contributed by atoms with E-state index in [1.807, 2.05) is 0 Å². The van der Waals surface area contributed by atoms with Gasteiger partial charge < -0.3 is 10.2 Å². The molecule has 1 N–H and O–H groups in total. The molecule has 15 heavy (non-hydrogen) atoms. The van der Waals surface area contributed by atoms with Crippen LogP contribution in [0.5, 0.6) is 0 Å². The first-order chi connectivity index (χ1) is 7.09. The molecule has 0 unspecified atom stereocenters. The summed E-state index contributed by atoms with van der Waals surface area (Å²) in [5, 5.41) is 3.58. The summed E-state index contributed by atoms with van der Waals surface area (Å²) in [5.41, 5.74) is 3.06. The summed E-state index contributed by atoms with van der Waals surface area (Å²) in [6, 6.07) is 8.75. The van der Waals surface area contributed by atoms with Gasteiger partial charge in [-0.05, 0) is 37.5 Å². The van der Waals surface area contributed by atoms with Crippen LogP contribution in [0.1, 0.15) is 25.3 Å². The minimum absolute atomic E-state index is 0.431. The Balaban J connectivity index is 1.92. The van der Waals surface area contributed by atoms with Crippen LogP contribution in [0, 0.1) is 0 Å². The quantitative estimate of drug-likeness (QED) is 0.810. The molecule has 0 saturated heterocycles. The van der Waals surface area contributed by atoms with E-state index in [2.05, 4.69) is 55.5 Å². The zero-order valence-electron chi connectivity index (χ0n) is 9.88. The molecule has 1 aliphatic carbocycles. The Hall–Kier alpha value is -1.02. The summed E-state index contributed by atoms with van der Waals surface area (Å²) >= 11 is 0. The summed E-state index contributed by atoms with van der Waals surface area (Å²) in [5.74, 6) is 0. The summed E-state index contributed by atoms with van der Waals surface area (Å²) in [7, 11) is 4.14. The third kappa shape index (κ3) is 2.72. The molecule has 1 aromatic carbocycles. The van der Waals surface area contributed by atoms with Crippen molar-refractivity contribution >= 4 is 5.69 Å². The van der Waals surface area contributed by atoms with E-state index in [1.165, 1.54) is 24.1 Å². The van der Waals surface area contributed by atoms with Crippen molar-refractivity contribution in [1.82, 2.24) is 5.32 Å². The maximum absolute atomic E-state index is 3.58. The molecule has 2 rings (SSSR count). The number of nitrogens with zero attached hydrogens (tertiary/aromatic N) is 1. The zero-order chi connectivity index (χ0) is 10.9. The van der Waals surface area contributed by atoms with Crippen LogP contribution >= 0.6 is 0 Å². The van der Waals surface area contributed by atoms with Crippen LogP contribution in [-0.2, 0) is 6.54 Å². The molecule has 0 aliphatic heterocycles. The van der Waals surface area contributed by atoms with Gasteiger partial charge in [-0.25, -0.2) is 0 Å². The van der Waals surface area contributed by atoms with E-state index in [9.17, 15) is 0 Å². The predicted molar refractivity (Wildman–Crippen MR) is 65.2 cm³/mol. The number of anilines is 1. The lowest BCUT2D eigenvalue weighted by Crippen LogP contribution is -2.26. The molecule has 2 heteroatoms. The monoisotopic (exact) mass is 204 g/mol. The number of hydrogen-bond acceptors (Lipinski definition) is 2.